The summed E-state index contributed by atoms with van der Waals surface area (Å²) in [5, 5.41) is 0.733. The molecular weight excluding hydrogens is 506 g/mol. The van der Waals surface area contributed by atoms with Crippen molar-refractivity contribution < 1.29 is 8.59 Å². The topological polar surface area (TPSA) is 0 Å². The smallest absolute Gasteiger partial charge is 0.157 e. The van der Waals surface area contributed by atoms with E-state index in [2.05, 4.69) is 15.9 Å². The maximum atomic E-state index is 14.1. The highest BCUT2D eigenvalue weighted by atomic mass is 79.9. The van der Waals surface area contributed by atoms with Crippen molar-refractivity contribution in [3.63, 3.8) is 0 Å². The summed E-state index contributed by atoms with van der Waals surface area (Å²) in [6, 6.07) is 8.92. The second-order valence-electron chi connectivity index (χ2n) is 6.65. The Morgan fingerprint density at radius 2 is 1.75 bits per heavy atom. The van der Waals surface area contributed by atoms with Gasteiger partial charge in [-0.2, -0.15) is 0 Å². The summed E-state index contributed by atoms with van der Waals surface area (Å²) >= 11 is 21.6. The molecule has 0 bridgehead atoms. The molecule has 0 amide bonds. The number of alkyl halides is 1. The molecule has 0 saturated carbocycles. The second-order valence-corrected chi connectivity index (χ2v) is 9.94. The summed E-state index contributed by atoms with van der Waals surface area (Å²) in [6.07, 6.45) is 3.07. The molecule has 28 heavy (non-hydrogen) atoms. The third-order valence-corrected chi connectivity index (χ3v) is 7.20. The molecule has 148 valence electrons. The van der Waals surface area contributed by atoms with Crippen molar-refractivity contribution in [3.8, 4) is 0 Å². The van der Waals surface area contributed by atoms with Crippen LogP contribution < -0.4 is 0 Å². The van der Waals surface area contributed by atoms with Gasteiger partial charge in [-0.25, -0.2) is 8.59 Å². The number of benzene rings is 2. The van der Waals surface area contributed by atoms with E-state index >= 15 is 0 Å². The van der Waals surface area contributed by atoms with E-state index < -0.39 is 19.9 Å². The van der Waals surface area contributed by atoms with E-state index in [1.165, 1.54) is 0 Å². The van der Waals surface area contributed by atoms with E-state index in [-0.39, 0.29) is 21.0 Å². The second kappa shape index (κ2) is 10.8. The standard InChI is InChI=1S/C20H18BBrCl3F2P/c1-11(7-12(2)26)15-5-3-13(8-16(15)22)4-6-19(28(21)27)14-9-17(23)20(25)18(24)10-14/h3-6,8-12,19H,7H2,1-2H3/b6-4+. The first-order valence-corrected chi connectivity index (χ1v) is 11.9. The highest BCUT2D eigenvalue weighted by Crippen LogP contribution is 2.51. The van der Waals surface area contributed by atoms with Gasteiger partial charge in [0.1, 0.15) is 0 Å². The van der Waals surface area contributed by atoms with Crippen LogP contribution >= 0.6 is 58.8 Å². The van der Waals surface area contributed by atoms with Crippen LogP contribution in [0.2, 0.25) is 15.1 Å². The molecular formula is C20H18BBrCl3F2P. The van der Waals surface area contributed by atoms with Crippen LogP contribution in [0.4, 0.5) is 8.59 Å². The average molecular weight is 524 g/mol. The minimum atomic E-state index is -2.31. The van der Waals surface area contributed by atoms with Crippen molar-refractivity contribution in [3.05, 3.63) is 72.6 Å². The highest BCUT2D eigenvalue weighted by molar-refractivity contribution is 9.10. The number of allylic oxidation sites excluding steroid dienone is 1. The Kier molecular flexibility index (Phi) is 9.30. The van der Waals surface area contributed by atoms with Crippen molar-refractivity contribution in [1.29, 1.82) is 0 Å². The zero-order valence-electron chi connectivity index (χ0n) is 15.3. The third-order valence-electron chi connectivity index (χ3n) is 4.32. The molecule has 4 unspecified atom stereocenters. The lowest BCUT2D eigenvalue weighted by atomic mass is 9.95. The minimum Gasteiger partial charge on any atom is -0.248 e. The number of rotatable bonds is 7. The van der Waals surface area contributed by atoms with E-state index in [1.807, 2.05) is 25.1 Å². The normalized spacial score (nSPS) is 16.1. The fourth-order valence-corrected chi connectivity index (χ4v) is 5.03. The average Bonchev–Trinajstić information content (AvgIpc) is 2.58. The Morgan fingerprint density at radius 3 is 2.25 bits per heavy atom. The fraction of sp³-hybridized carbons (Fsp3) is 0.300. The fourth-order valence-electron chi connectivity index (χ4n) is 2.94. The highest BCUT2D eigenvalue weighted by Gasteiger charge is 2.19. The third kappa shape index (κ3) is 6.44. The molecule has 0 fully saturated rings. The summed E-state index contributed by atoms with van der Waals surface area (Å²) in [7, 11) is 3.29. The van der Waals surface area contributed by atoms with E-state index in [1.54, 1.807) is 31.2 Å². The van der Waals surface area contributed by atoms with Crippen LogP contribution in [0.1, 0.15) is 48.5 Å². The van der Waals surface area contributed by atoms with Crippen LogP contribution in [0, 0.1) is 0 Å². The van der Waals surface area contributed by atoms with Gasteiger partial charge in [0.25, 0.3) is 0 Å². The molecule has 0 spiro atoms. The zero-order chi connectivity index (χ0) is 21.0. The van der Waals surface area contributed by atoms with Gasteiger partial charge in [-0.3, -0.25) is 0 Å². The van der Waals surface area contributed by atoms with Gasteiger partial charge >= 0.3 is 0 Å². The molecule has 0 heterocycles. The van der Waals surface area contributed by atoms with Gasteiger partial charge in [0, 0.05) is 18.2 Å². The molecule has 0 aliphatic heterocycles. The summed E-state index contributed by atoms with van der Waals surface area (Å²) < 4.78 is 28.3. The summed E-state index contributed by atoms with van der Waals surface area (Å²) in [6.45, 7) is 3.54. The molecule has 0 aliphatic rings. The predicted molar refractivity (Wildman–Crippen MR) is 125 cm³/mol. The van der Waals surface area contributed by atoms with Gasteiger partial charge in [-0.1, -0.05) is 81.9 Å². The Hall–Kier alpha value is -0.115. The van der Waals surface area contributed by atoms with Gasteiger partial charge in [0.05, 0.1) is 21.2 Å². The first kappa shape index (κ1) is 24.2. The van der Waals surface area contributed by atoms with Crippen molar-refractivity contribution >= 4 is 72.5 Å². The minimum absolute atomic E-state index is 0.0845. The van der Waals surface area contributed by atoms with Gasteiger partial charge in [0.15, 0.2) is 7.57 Å². The van der Waals surface area contributed by atoms with Crippen LogP contribution in [0.5, 0.6) is 0 Å². The molecule has 0 N–H and O–H groups in total. The van der Waals surface area contributed by atoms with Crippen LogP contribution in [0.25, 0.3) is 6.08 Å². The molecule has 8 heteroatoms. The lowest BCUT2D eigenvalue weighted by Gasteiger charge is -2.17. The van der Waals surface area contributed by atoms with Crippen molar-refractivity contribution in [2.24, 2.45) is 0 Å². The zero-order valence-corrected chi connectivity index (χ0v) is 20.0. The van der Waals surface area contributed by atoms with E-state index in [9.17, 15) is 8.59 Å². The first-order valence-electron chi connectivity index (χ1n) is 8.56. The molecule has 2 radical (unpaired) electrons. The van der Waals surface area contributed by atoms with Crippen molar-refractivity contribution in [2.75, 3.05) is 0 Å². The van der Waals surface area contributed by atoms with Gasteiger partial charge in [0.2, 0.25) is 0 Å². The van der Waals surface area contributed by atoms with Crippen LogP contribution in [0.3, 0.4) is 0 Å². The lowest BCUT2D eigenvalue weighted by Crippen LogP contribution is -2.02. The van der Waals surface area contributed by atoms with Gasteiger partial charge < -0.3 is 0 Å². The van der Waals surface area contributed by atoms with Gasteiger partial charge in [-0.05, 0) is 54.2 Å². The van der Waals surface area contributed by atoms with Crippen molar-refractivity contribution in [2.45, 2.75) is 38.0 Å². The van der Waals surface area contributed by atoms with E-state index in [4.69, 9.17) is 42.4 Å². The molecule has 4 atom stereocenters. The summed E-state index contributed by atoms with van der Waals surface area (Å²) in [5.41, 5.74) is 1.78. The van der Waals surface area contributed by atoms with E-state index in [0.29, 0.717) is 12.0 Å². The largest absolute Gasteiger partial charge is 0.248 e. The van der Waals surface area contributed by atoms with Crippen LogP contribution in [-0.2, 0) is 0 Å². The molecule has 0 nitrogen and oxygen atoms in total. The Morgan fingerprint density at radius 1 is 1.14 bits per heavy atom. The Labute approximate surface area is 191 Å². The lowest BCUT2D eigenvalue weighted by molar-refractivity contribution is 0.324. The van der Waals surface area contributed by atoms with E-state index in [0.717, 1.165) is 15.6 Å². The van der Waals surface area contributed by atoms with Crippen LogP contribution in [0.15, 0.2) is 40.9 Å². The van der Waals surface area contributed by atoms with Gasteiger partial charge in [-0.15, -0.1) is 0 Å². The molecule has 2 aromatic rings. The molecule has 2 rings (SSSR count). The van der Waals surface area contributed by atoms with Crippen LogP contribution in [-0.4, -0.2) is 13.7 Å². The summed E-state index contributed by atoms with van der Waals surface area (Å²) in [5.74, 6) is 0.0845. The van der Waals surface area contributed by atoms with Crippen molar-refractivity contribution in [1.82, 2.24) is 0 Å². The maximum absolute atomic E-state index is 14.1. The maximum Gasteiger partial charge on any atom is 0.157 e. The Balaban J connectivity index is 2.28. The number of halogens is 6. The molecule has 0 aromatic heterocycles. The SMILES string of the molecule is [B]P(F)C(/C=C/c1ccc(C(C)CC(C)F)c(Br)c1)c1cc(Cl)c(Cl)c(Cl)c1. The Bertz CT molecular complexity index is 838. The predicted octanol–water partition coefficient (Wildman–Crippen LogP) is 9.47. The molecule has 0 aliphatic carbocycles. The molecule has 0 saturated heterocycles. The quantitative estimate of drug-likeness (QED) is 0.192. The monoisotopic (exact) mass is 522 g/mol. The first-order chi connectivity index (χ1) is 13.1. The number of hydrogen-bond donors (Lipinski definition) is 0. The number of hydrogen-bond acceptors (Lipinski definition) is 0. The molecule has 2 aromatic carbocycles. The summed E-state index contributed by atoms with van der Waals surface area (Å²) in [4.78, 5) is 0.